The number of benzene rings is 1. The summed E-state index contributed by atoms with van der Waals surface area (Å²) >= 11 is 2.20. The van der Waals surface area contributed by atoms with Gasteiger partial charge in [0.1, 0.15) is 11.4 Å². The van der Waals surface area contributed by atoms with E-state index in [-0.39, 0.29) is 5.97 Å². The summed E-state index contributed by atoms with van der Waals surface area (Å²) in [6.07, 6.45) is 0. The Labute approximate surface area is 112 Å². The maximum Gasteiger partial charge on any atom is 0.354 e. The minimum absolute atomic E-state index is 0.335. The molecule has 0 saturated carbocycles. The van der Waals surface area contributed by atoms with E-state index in [0.717, 1.165) is 20.2 Å². The number of hydrogen-bond acceptors (Lipinski definition) is 3. The van der Waals surface area contributed by atoms with Crippen LogP contribution in [0.25, 0.3) is 10.9 Å². The zero-order valence-corrected chi connectivity index (χ0v) is 11.7. The van der Waals surface area contributed by atoms with E-state index in [1.54, 1.807) is 20.1 Å². The highest BCUT2D eigenvalue weighted by Gasteiger charge is 2.12. The third kappa shape index (κ3) is 2.38. The van der Waals surface area contributed by atoms with Gasteiger partial charge in [0.25, 0.3) is 0 Å². The molecule has 0 radical (unpaired) electrons. The second kappa shape index (κ2) is 4.95. The number of carbonyl (C=O) groups is 1. The maximum absolute atomic E-state index is 11.6. The summed E-state index contributed by atoms with van der Waals surface area (Å²) in [5, 5.41) is 0.971. The van der Waals surface area contributed by atoms with Gasteiger partial charge in [0.05, 0.1) is 17.3 Å². The molecule has 17 heavy (non-hydrogen) atoms. The molecule has 2 aromatic rings. The van der Waals surface area contributed by atoms with E-state index in [9.17, 15) is 4.79 Å². The molecular formula is C12H12INO3. The third-order valence-corrected chi connectivity index (χ3v) is 3.23. The lowest BCUT2D eigenvalue weighted by atomic mass is 10.2. The average molecular weight is 345 g/mol. The van der Waals surface area contributed by atoms with Crippen LogP contribution in [0.2, 0.25) is 0 Å². The normalized spacial score (nSPS) is 10.5. The van der Waals surface area contributed by atoms with Gasteiger partial charge in [-0.1, -0.05) is 0 Å². The standard InChI is InChI=1S/C12H12INO3/c1-3-17-12(15)10-5-7-4-8(13)11(16-2)6-9(7)14-10/h4-6,14H,3H2,1-2H3. The first-order valence-corrected chi connectivity index (χ1v) is 6.27. The Morgan fingerprint density at radius 2 is 2.18 bits per heavy atom. The Balaban J connectivity index is 2.47. The number of rotatable bonds is 3. The van der Waals surface area contributed by atoms with Gasteiger partial charge in [0.15, 0.2) is 0 Å². The lowest BCUT2D eigenvalue weighted by Gasteiger charge is -2.02. The summed E-state index contributed by atoms with van der Waals surface area (Å²) in [4.78, 5) is 14.6. The van der Waals surface area contributed by atoms with Crippen LogP contribution in [0.4, 0.5) is 0 Å². The zero-order chi connectivity index (χ0) is 12.4. The number of halogens is 1. The molecule has 1 heterocycles. The van der Waals surface area contributed by atoms with Crippen molar-refractivity contribution in [3.63, 3.8) is 0 Å². The van der Waals surface area contributed by atoms with Crippen molar-refractivity contribution in [3.05, 3.63) is 27.5 Å². The van der Waals surface area contributed by atoms with Crippen LogP contribution >= 0.6 is 22.6 Å². The fourth-order valence-corrected chi connectivity index (χ4v) is 2.32. The Kier molecular flexibility index (Phi) is 3.56. The Bertz CT molecular complexity index is 562. The quantitative estimate of drug-likeness (QED) is 0.687. The molecule has 0 spiro atoms. The van der Waals surface area contributed by atoms with Gasteiger partial charge in [-0.05, 0) is 41.6 Å². The summed E-state index contributed by atoms with van der Waals surface area (Å²) in [5.41, 5.74) is 1.33. The number of ether oxygens (including phenoxy) is 2. The molecule has 90 valence electrons. The molecule has 0 aliphatic heterocycles. The molecule has 2 rings (SSSR count). The molecule has 1 aromatic heterocycles. The number of aromatic nitrogens is 1. The largest absolute Gasteiger partial charge is 0.496 e. The molecule has 0 atom stereocenters. The summed E-state index contributed by atoms with van der Waals surface area (Å²) in [6, 6.07) is 5.63. The molecule has 0 saturated heterocycles. The van der Waals surface area contributed by atoms with Crippen molar-refractivity contribution in [2.24, 2.45) is 0 Å². The molecule has 4 nitrogen and oxygen atoms in total. The fraction of sp³-hybridized carbons (Fsp3) is 0.250. The van der Waals surface area contributed by atoms with Crippen LogP contribution in [0.5, 0.6) is 5.75 Å². The number of aromatic amines is 1. The minimum Gasteiger partial charge on any atom is -0.496 e. The van der Waals surface area contributed by atoms with Crippen LogP contribution < -0.4 is 4.74 Å². The zero-order valence-electron chi connectivity index (χ0n) is 9.54. The number of hydrogen-bond donors (Lipinski definition) is 1. The highest BCUT2D eigenvalue weighted by Crippen LogP contribution is 2.27. The molecule has 0 aliphatic rings. The van der Waals surface area contributed by atoms with Crippen LogP contribution in [0.15, 0.2) is 18.2 Å². The molecule has 0 bridgehead atoms. The van der Waals surface area contributed by atoms with E-state index in [1.165, 1.54) is 0 Å². The number of fused-ring (bicyclic) bond motifs is 1. The fourth-order valence-electron chi connectivity index (χ4n) is 1.61. The molecule has 5 heteroatoms. The van der Waals surface area contributed by atoms with E-state index < -0.39 is 0 Å². The molecule has 1 aromatic carbocycles. The van der Waals surface area contributed by atoms with E-state index in [1.807, 2.05) is 12.1 Å². The van der Waals surface area contributed by atoms with Crippen LogP contribution in [-0.2, 0) is 4.74 Å². The van der Waals surface area contributed by atoms with Crippen LogP contribution in [0, 0.1) is 3.57 Å². The van der Waals surface area contributed by atoms with Gasteiger partial charge in [-0.15, -0.1) is 0 Å². The smallest absolute Gasteiger partial charge is 0.354 e. The summed E-state index contributed by atoms with van der Waals surface area (Å²) in [6.45, 7) is 2.15. The highest BCUT2D eigenvalue weighted by molar-refractivity contribution is 14.1. The van der Waals surface area contributed by atoms with E-state index >= 15 is 0 Å². The van der Waals surface area contributed by atoms with Gasteiger partial charge in [0.2, 0.25) is 0 Å². The molecule has 0 unspecified atom stereocenters. The SMILES string of the molecule is CCOC(=O)c1cc2cc(I)c(OC)cc2[nH]1. The second-order valence-electron chi connectivity index (χ2n) is 3.48. The Hall–Kier alpha value is -1.24. The number of methoxy groups -OCH3 is 1. The van der Waals surface area contributed by atoms with E-state index in [4.69, 9.17) is 9.47 Å². The van der Waals surface area contributed by atoms with Crippen LogP contribution in [-0.4, -0.2) is 24.7 Å². The first-order valence-electron chi connectivity index (χ1n) is 5.19. The summed E-state index contributed by atoms with van der Waals surface area (Å²) < 4.78 is 11.2. The summed E-state index contributed by atoms with van der Waals surface area (Å²) in [5.74, 6) is 0.452. The van der Waals surface area contributed by atoms with Crippen molar-refractivity contribution < 1.29 is 14.3 Å². The van der Waals surface area contributed by atoms with Crippen LogP contribution in [0.1, 0.15) is 17.4 Å². The predicted octanol–water partition coefficient (Wildman–Crippen LogP) is 2.96. The van der Waals surface area contributed by atoms with Crippen LogP contribution in [0.3, 0.4) is 0 Å². The number of H-pyrrole nitrogens is 1. The first-order chi connectivity index (χ1) is 8.15. The third-order valence-electron chi connectivity index (χ3n) is 2.39. The van der Waals surface area contributed by atoms with Crippen molar-refractivity contribution in [3.8, 4) is 5.75 Å². The van der Waals surface area contributed by atoms with Crippen molar-refractivity contribution >= 4 is 39.5 Å². The molecule has 0 fully saturated rings. The van der Waals surface area contributed by atoms with Crippen molar-refractivity contribution in [2.75, 3.05) is 13.7 Å². The van der Waals surface area contributed by atoms with Gasteiger partial charge in [-0.2, -0.15) is 0 Å². The maximum atomic E-state index is 11.6. The van der Waals surface area contributed by atoms with Gasteiger partial charge in [-0.3, -0.25) is 0 Å². The predicted molar refractivity (Wildman–Crippen MR) is 73.5 cm³/mol. The monoisotopic (exact) mass is 345 g/mol. The lowest BCUT2D eigenvalue weighted by molar-refractivity contribution is 0.0520. The van der Waals surface area contributed by atoms with Crippen molar-refractivity contribution in [1.82, 2.24) is 4.98 Å². The first kappa shape index (κ1) is 12.2. The van der Waals surface area contributed by atoms with Crippen molar-refractivity contribution in [1.29, 1.82) is 0 Å². The van der Waals surface area contributed by atoms with E-state index in [2.05, 4.69) is 27.6 Å². The Morgan fingerprint density at radius 1 is 1.41 bits per heavy atom. The molecular weight excluding hydrogens is 333 g/mol. The topological polar surface area (TPSA) is 51.3 Å². The molecule has 0 aliphatic carbocycles. The molecule has 0 amide bonds. The molecule has 1 N–H and O–H groups in total. The van der Waals surface area contributed by atoms with Gasteiger partial charge in [-0.25, -0.2) is 4.79 Å². The number of carbonyl (C=O) groups excluding carboxylic acids is 1. The lowest BCUT2D eigenvalue weighted by Crippen LogP contribution is -2.04. The van der Waals surface area contributed by atoms with Crippen molar-refractivity contribution in [2.45, 2.75) is 6.92 Å². The average Bonchev–Trinajstić information content (AvgIpc) is 2.71. The number of nitrogens with one attached hydrogen (secondary N) is 1. The van der Waals surface area contributed by atoms with E-state index in [0.29, 0.717) is 12.3 Å². The summed E-state index contributed by atoms with van der Waals surface area (Å²) in [7, 11) is 1.62. The van der Waals surface area contributed by atoms with Gasteiger partial charge >= 0.3 is 5.97 Å². The van der Waals surface area contributed by atoms with Gasteiger partial charge in [0, 0.05) is 17.0 Å². The second-order valence-corrected chi connectivity index (χ2v) is 4.64. The number of esters is 1. The Morgan fingerprint density at radius 3 is 2.82 bits per heavy atom. The highest BCUT2D eigenvalue weighted by atomic mass is 127. The van der Waals surface area contributed by atoms with Gasteiger partial charge < -0.3 is 14.5 Å². The minimum atomic E-state index is -0.335.